The highest BCUT2D eigenvalue weighted by molar-refractivity contribution is 7.89. The third kappa shape index (κ3) is 4.79. The van der Waals surface area contributed by atoms with Crippen LogP contribution in [0.1, 0.15) is 16.2 Å². The van der Waals surface area contributed by atoms with Crippen molar-refractivity contribution < 1.29 is 22.5 Å². The van der Waals surface area contributed by atoms with Crippen molar-refractivity contribution in [3.63, 3.8) is 0 Å². The number of morpholine rings is 1. The number of para-hydroxylation sites is 1. The number of carbonyl (C=O) groups excluding carboxylic acids is 1. The summed E-state index contributed by atoms with van der Waals surface area (Å²) in [5.41, 5.74) is 2.19. The molecule has 2 fully saturated rings. The maximum Gasteiger partial charge on any atom is 0.316 e. The Bertz CT molecular complexity index is 1300. The highest BCUT2D eigenvalue weighted by atomic mass is 32.2. The number of piperazine rings is 1. The lowest BCUT2D eigenvalue weighted by Crippen LogP contribution is -2.48. The van der Waals surface area contributed by atoms with Crippen LogP contribution in [0.3, 0.4) is 0 Å². The fourth-order valence-corrected chi connectivity index (χ4v) is 5.98. The number of carbonyl (C=O) groups is 1. The molecule has 184 valence electrons. The zero-order valence-electron chi connectivity index (χ0n) is 19.5. The second-order valence-corrected chi connectivity index (χ2v) is 10.4. The number of rotatable bonds is 5. The van der Waals surface area contributed by atoms with Crippen LogP contribution in [0.25, 0.3) is 11.4 Å². The summed E-state index contributed by atoms with van der Waals surface area (Å²) in [4.78, 5) is 20.9. The van der Waals surface area contributed by atoms with E-state index >= 15 is 0 Å². The van der Waals surface area contributed by atoms with Gasteiger partial charge in [-0.3, -0.25) is 4.79 Å². The number of amides is 1. The topological polar surface area (TPSA) is 109 Å². The average molecular weight is 498 g/mol. The molecule has 2 saturated heterocycles. The van der Waals surface area contributed by atoms with E-state index in [0.29, 0.717) is 63.6 Å². The number of hydrogen-bond donors (Lipinski definition) is 0. The van der Waals surface area contributed by atoms with E-state index in [4.69, 9.17) is 9.26 Å². The summed E-state index contributed by atoms with van der Waals surface area (Å²) < 4.78 is 39.0. The molecule has 2 aliphatic heterocycles. The Morgan fingerprint density at radius 3 is 2.37 bits per heavy atom. The van der Waals surface area contributed by atoms with Gasteiger partial charge >= 0.3 is 11.8 Å². The molecule has 0 aliphatic carbocycles. The van der Waals surface area contributed by atoms with E-state index in [0.717, 1.165) is 5.69 Å². The lowest BCUT2D eigenvalue weighted by molar-refractivity contribution is 0.0272. The van der Waals surface area contributed by atoms with Crippen molar-refractivity contribution in [2.45, 2.75) is 11.8 Å². The van der Waals surface area contributed by atoms with Crippen LogP contribution in [0, 0.1) is 6.92 Å². The SMILES string of the molecule is Cc1ccc(-c2noc(C(=O)N3CCOCC3)n2)cc1S(=O)(=O)N1CCN(c2ccccc2)CC1. The molecule has 2 aromatic carbocycles. The molecule has 1 amide bonds. The Balaban J connectivity index is 1.34. The highest BCUT2D eigenvalue weighted by Gasteiger charge is 2.31. The van der Waals surface area contributed by atoms with Gasteiger partial charge in [-0.2, -0.15) is 9.29 Å². The average Bonchev–Trinajstić information content (AvgIpc) is 3.40. The molecule has 0 atom stereocenters. The third-order valence-electron chi connectivity index (χ3n) is 6.33. The molecule has 3 aromatic rings. The molecular weight excluding hydrogens is 470 g/mol. The molecule has 0 bridgehead atoms. The molecule has 0 spiro atoms. The minimum absolute atomic E-state index is 0.121. The molecule has 0 saturated carbocycles. The quantitative estimate of drug-likeness (QED) is 0.527. The normalized spacial score (nSPS) is 17.5. The molecule has 2 aliphatic rings. The number of sulfonamides is 1. The number of aromatic nitrogens is 2. The Kier molecular flexibility index (Phi) is 6.54. The van der Waals surface area contributed by atoms with Crippen LogP contribution in [-0.4, -0.2) is 86.2 Å². The number of nitrogens with zero attached hydrogens (tertiary/aromatic N) is 5. The van der Waals surface area contributed by atoms with Crippen LogP contribution in [0.5, 0.6) is 0 Å². The zero-order valence-corrected chi connectivity index (χ0v) is 20.3. The van der Waals surface area contributed by atoms with Crippen LogP contribution in [-0.2, 0) is 14.8 Å². The molecule has 3 heterocycles. The third-order valence-corrected chi connectivity index (χ3v) is 8.37. The second kappa shape index (κ2) is 9.76. The number of anilines is 1. The van der Waals surface area contributed by atoms with Crippen molar-refractivity contribution in [1.82, 2.24) is 19.3 Å². The van der Waals surface area contributed by atoms with Gasteiger partial charge in [0.1, 0.15) is 0 Å². The van der Waals surface area contributed by atoms with Crippen molar-refractivity contribution in [3.8, 4) is 11.4 Å². The summed E-state index contributed by atoms with van der Waals surface area (Å²) in [6.45, 7) is 5.61. The van der Waals surface area contributed by atoms with Crippen molar-refractivity contribution in [3.05, 3.63) is 60.0 Å². The Morgan fingerprint density at radius 1 is 0.943 bits per heavy atom. The number of benzene rings is 2. The van der Waals surface area contributed by atoms with Gasteiger partial charge in [-0.05, 0) is 30.7 Å². The lowest BCUT2D eigenvalue weighted by Gasteiger charge is -2.35. The predicted octanol–water partition coefficient (Wildman–Crippen LogP) is 2.03. The monoisotopic (exact) mass is 497 g/mol. The first-order chi connectivity index (χ1) is 16.9. The van der Waals surface area contributed by atoms with E-state index < -0.39 is 10.0 Å². The number of ether oxygens (including phenoxy) is 1. The van der Waals surface area contributed by atoms with Crippen LogP contribution >= 0.6 is 0 Å². The van der Waals surface area contributed by atoms with Gasteiger partial charge in [0.15, 0.2) is 0 Å². The summed E-state index contributed by atoms with van der Waals surface area (Å²) >= 11 is 0. The standard InChI is InChI=1S/C24H27N5O5S/c1-18-7-8-19(22-25-23(34-26-22)24(30)28-13-15-33-16-14-28)17-21(18)35(31,32)29-11-9-27(10-12-29)20-5-3-2-4-6-20/h2-8,17H,9-16H2,1H3. The number of hydrogen-bond acceptors (Lipinski definition) is 8. The van der Waals surface area contributed by atoms with Crippen LogP contribution in [0.4, 0.5) is 5.69 Å². The van der Waals surface area contributed by atoms with Gasteiger partial charge in [-0.25, -0.2) is 8.42 Å². The molecular formula is C24H27N5O5S. The molecule has 35 heavy (non-hydrogen) atoms. The Labute approximate surface area is 204 Å². The summed E-state index contributed by atoms with van der Waals surface area (Å²) in [6.07, 6.45) is 0. The smallest absolute Gasteiger partial charge is 0.316 e. The summed E-state index contributed by atoms with van der Waals surface area (Å²) in [5.74, 6) is -0.306. The van der Waals surface area contributed by atoms with E-state index in [1.807, 2.05) is 30.3 Å². The van der Waals surface area contributed by atoms with Crippen LogP contribution < -0.4 is 4.90 Å². The maximum atomic E-state index is 13.5. The summed E-state index contributed by atoms with van der Waals surface area (Å²) in [7, 11) is -3.72. The molecule has 0 N–H and O–H groups in total. The second-order valence-electron chi connectivity index (χ2n) is 8.53. The molecule has 11 heteroatoms. The predicted molar refractivity (Wildman–Crippen MR) is 129 cm³/mol. The first-order valence-electron chi connectivity index (χ1n) is 11.6. The molecule has 0 unspecified atom stereocenters. The Hall–Kier alpha value is -3.28. The highest BCUT2D eigenvalue weighted by Crippen LogP contribution is 2.27. The first kappa shape index (κ1) is 23.5. The van der Waals surface area contributed by atoms with Gasteiger partial charge in [0.25, 0.3) is 0 Å². The zero-order chi connectivity index (χ0) is 24.4. The van der Waals surface area contributed by atoms with Gasteiger partial charge in [-0.1, -0.05) is 35.5 Å². The van der Waals surface area contributed by atoms with Gasteiger partial charge < -0.3 is 19.1 Å². The maximum absolute atomic E-state index is 13.5. The van der Waals surface area contributed by atoms with Crippen LogP contribution in [0.15, 0.2) is 57.9 Å². The van der Waals surface area contributed by atoms with E-state index in [9.17, 15) is 13.2 Å². The molecule has 0 radical (unpaired) electrons. The minimum atomic E-state index is -3.72. The van der Waals surface area contributed by atoms with Crippen molar-refractivity contribution in [1.29, 1.82) is 0 Å². The van der Waals surface area contributed by atoms with E-state index in [-0.39, 0.29) is 22.5 Å². The van der Waals surface area contributed by atoms with E-state index in [2.05, 4.69) is 15.0 Å². The molecule has 10 nitrogen and oxygen atoms in total. The summed E-state index contributed by atoms with van der Waals surface area (Å²) in [6, 6.07) is 15.0. The van der Waals surface area contributed by atoms with Gasteiger partial charge in [0.2, 0.25) is 15.8 Å². The Morgan fingerprint density at radius 2 is 1.66 bits per heavy atom. The largest absolute Gasteiger partial charge is 0.378 e. The van der Waals surface area contributed by atoms with Gasteiger partial charge in [0, 0.05) is 50.5 Å². The van der Waals surface area contributed by atoms with Crippen molar-refractivity contribution >= 4 is 21.6 Å². The molecule has 5 rings (SSSR count). The van der Waals surface area contributed by atoms with Crippen molar-refractivity contribution in [2.24, 2.45) is 0 Å². The van der Waals surface area contributed by atoms with Gasteiger partial charge in [0.05, 0.1) is 18.1 Å². The number of aryl methyl sites for hydroxylation is 1. The summed E-state index contributed by atoms with van der Waals surface area (Å²) in [5, 5.41) is 3.93. The molecule has 1 aromatic heterocycles. The van der Waals surface area contributed by atoms with Crippen molar-refractivity contribution in [2.75, 3.05) is 57.4 Å². The van der Waals surface area contributed by atoms with E-state index in [1.165, 1.54) is 4.31 Å². The van der Waals surface area contributed by atoms with Crippen LogP contribution in [0.2, 0.25) is 0 Å². The fourth-order valence-electron chi connectivity index (χ4n) is 4.31. The lowest BCUT2D eigenvalue weighted by atomic mass is 10.1. The van der Waals surface area contributed by atoms with Gasteiger partial charge in [-0.15, -0.1) is 0 Å². The fraction of sp³-hybridized carbons (Fsp3) is 0.375. The minimum Gasteiger partial charge on any atom is -0.378 e. The first-order valence-corrected chi connectivity index (χ1v) is 13.0. The van der Waals surface area contributed by atoms with E-state index in [1.54, 1.807) is 30.0 Å².